The highest BCUT2D eigenvalue weighted by Crippen LogP contribution is 2.30. The van der Waals surface area contributed by atoms with Crippen LogP contribution in [0.3, 0.4) is 0 Å². The van der Waals surface area contributed by atoms with Gasteiger partial charge in [0.15, 0.2) is 0 Å². The van der Waals surface area contributed by atoms with Crippen LogP contribution >= 0.6 is 0 Å². The number of rotatable bonds is 4. The van der Waals surface area contributed by atoms with Crippen LogP contribution in [0.4, 0.5) is 0 Å². The first-order valence-electron chi connectivity index (χ1n) is 6.27. The highest BCUT2D eigenvalue weighted by Gasteiger charge is 2.20. The van der Waals surface area contributed by atoms with Crippen molar-refractivity contribution in [3.63, 3.8) is 0 Å². The third-order valence-corrected chi connectivity index (χ3v) is 3.32. The number of fused-ring (bicyclic) bond motifs is 1. The largest absolute Gasteiger partial charge is 0.354 e. The van der Waals surface area contributed by atoms with Gasteiger partial charge in [0, 0.05) is 25.0 Å². The van der Waals surface area contributed by atoms with E-state index in [-0.39, 0.29) is 0 Å². The molecule has 0 bridgehead atoms. The standard InChI is InChI=1S/C13H22N2/c1-3-8-14-13-7-5-6-11-9-15(4-2)10-12(11)13/h9-10,13-14H,3-8H2,1-2H3. The fourth-order valence-electron chi connectivity index (χ4n) is 2.46. The second-order valence-corrected chi connectivity index (χ2v) is 4.47. The minimum atomic E-state index is 0.612. The quantitative estimate of drug-likeness (QED) is 0.801. The third-order valence-electron chi connectivity index (χ3n) is 3.32. The second-order valence-electron chi connectivity index (χ2n) is 4.47. The minimum Gasteiger partial charge on any atom is -0.354 e. The lowest BCUT2D eigenvalue weighted by atomic mass is 9.91. The first-order valence-corrected chi connectivity index (χ1v) is 6.27. The van der Waals surface area contributed by atoms with Crippen molar-refractivity contribution in [1.29, 1.82) is 0 Å². The Hall–Kier alpha value is -0.760. The van der Waals surface area contributed by atoms with Crippen molar-refractivity contribution in [1.82, 2.24) is 9.88 Å². The molecule has 0 aromatic carbocycles. The van der Waals surface area contributed by atoms with Crippen LogP contribution in [0, 0.1) is 0 Å². The van der Waals surface area contributed by atoms with Crippen molar-refractivity contribution < 1.29 is 0 Å². The van der Waals surface area contributed by atoms with Gasteiger partial charge in [-0.05, 0) is 50.3 Å². The monoisotopic (exact) mass is 206 g/mol. The summed E-state index contributed by atoms with van der Waals surface area (Å²) in [5.41, 5.74) is 3.12. The molecule has 1 heterocycles. The van der Waals surface area contributed by atoms with Gasteiger partial charge in [0.2, 0.25) is 0 Å². The van der Waals surface area contributed by atoms with Gasteiger partial charge in [-0.25, -0.2) is 0 Å². The second kappa shape index (κ2) is 4.84. The molecule has 2 heteroatoms. The van der Waals surface area contributed by atoms with Crippen molar-refractivity contribution in [2.45, 2.75) is 52.1 Å². The molecular formula is C13H22N2. The number of aromatic nitrogens is 1. The third kappa shape index (κ3) is 2.25. The van der Waals surface area contributed by atoms with Crippen LogP contribution in [0.15, 0.2) is 12.4 Å². The molecule has 0 spiro atoms. The Morgan fingerprint density at radius 1 is 1.40 bits per heavy atom. The Bertz CT molecular complexity index is 314. The molecular weight excluding hydrogens is 184 g/mol. The Morgan fingerprint density at radius 2 is 2.27 bits per heavy atom. The molecule has 1 aromatic rings. The molecule has 0 fully saturated rings. The van der Waals surface area contributed by atoms with Crippen molar-refractivity contribution in [2.75, 3.05) is 6.54 Å². The van der Waals surface area contributed by atoms with Crippen LogP contribution in [0.1, 0.15) is 50.3 Å². The molecule has 2 rings (SSSR count). The average Bonchev–Trinajstić information content (AvgIpc) is 2.69. The highest BCUT2D eigenvalue weighted by molar-refractivity contribution is 5.30. The molecule has 0 amide bonds. The van der Waals surface area contributed by atoms with E-state index in [0.717, 1.165) is 13.1 Å². The van der Waals surface area contributed by atoms with Crippen LogP contribution in [0.5, 0.6) is 0 Å². The minimum absolute atomic E-state index is 0.612. The Labute approximate surface area is 92.7 Å². The van der Waals surface area contributed by atoms with Gasteiger partial charge in [-0.15, -0.1) is 0 Å². The van der Waals surface area contributed by atoms with Crippen LogP contribution < -0.4 is 5.32 Å². The van der Waals surface area contributed by atoms with Gasteiger partial charge < -0.3 is 9.88 Å². The van der Waals surface area contributed by atoms with E-state index in [9.17, 15) is 0 Å². The van der Waals surface area contributed by atoms with E-state index in [1.165, 1.54) is 25.7 Å². The first-order chi connectivity index (χ1) is 7.35. The van der Waals surface area contributed by atoms with Crippen molar-refractivity contribution in [3.8, 4) is 0 Å². The van der Waals surface area contributed by atoms with E-state index < -0.39 is 0 Å². The zero-order chi connectivity index (χ0) is 10.7. The van der Waals surface area contributed by atoms with Crippen LogP contribution in [-0.4, -0.2) is 11.1 Å². The van der Waals surface area contributed by atoms with Crippen LogP contribution in [-0.2, 0) is 13.0 Å². The molecule has 84 valence electrons. The first kappa shape index (κ1) is 10.7. The van der Waals surface area contributed by atoms with Gasteiger partial charge >= 0.3 is 0 Å². The van der Waals surface area contributed by atoms with Gasteiger partial charge in [-0.1, -0.05) is 6.92 Å². The fraction of sp³-hybridized carbons (Fsp3) is 0.692. The summed E-state index contributed by atoms with van der Waals surface area (Å²) in [7, 11) is 0. The van der Waals surface area contributed by atoms with Gasteiger partial charge in [-0.3, -0.25) is 0 Å². The average molecular weight is 206 g/mol. The maximum atomic E-state index is 3.65. The predicted octanol–water partition coefficient (Wildman–Crippen LogP) is 2.89. The van der Waals surface area contributed by atoms with Gasteiger partial charge in [0.25, 0.3) is 0 Å². The lowest BCUT2D eigenvalue weighted by Crippen LogP contribution is -2.24. The number of nitrogens with one attached hydrogen (secondary N) is 1. The smallest absolute Gasteiger partial charge is 0.0338 e. The molecule has 1 atom stereocenters. The Kier molecular flexibility index (Phi) is 3.47. The zero-order valence-electron chi connectivity index (χ0n) is 9.92. The molecule has 1 aromatic heterocycles. The normalized spacial score (nSPS) is 20.3. The number of hydrogen-bond donors (Lipinski definition) is 1. The Morgan fingerprint density at radius 3 is 3.00 bits per heavy atom. The van der Waals surface area contributed by atoms with E-state index in [0.29, 0.717) is 6.04 Å². The highest BCUT2D eigenvalue weighted by atomic mass is 15.0. The summed E-state index contributed by atoms with van der Waals surface area (Å²) in [5.74, 6) is 0. The number of nitrogens with zero attached hydrogens (tertiary/aromatic N) is 1. The number of hydrogen-bond acceptors (Lipinski definition) is 1. The summed E-state index contributed by atoms with van der Waals surface area (Å²) in [6, 6.07) is 0.612. The van der Waals surface area contributed by atoms with Crippen molar-refractivity contribution in [3.05, 3.63) is 23.5 Å². The molecule has 0 saturated carbocycles. The maximum Gasteiger partial charge on any atom is 0.0338 e. The SMILES string of the molecule is CCCNC1CCCc2cn(CC)cc21. The molecule has 1 unspecified atom stereocenters. The van der Waals surface area contributed by atoms with E-state index >= 15 is 0 Å². The van der Waals surface area contributed by atoms with Gasteiger partial charge in [-0.2, -0.15) is 0 Å². The van der Waals surface area contributed by atoms with E-state index in [2.05, 4.69) is 36.1 Å². The molecule has 1 aliphatic carbocycles. The molecule has 2 nitrogen and oxygen atoms in total. The summed E-state index contributed by atoms with van der Waals surface area (Å²) in [5, 5.41) is 3.65. The van der Waals surface area contributed by atoms with Gasteiger partial charge in [0.05, 0.1) is 0 Å². The summed E-state index contributed by atoms with van der Waals surface area (Å²) < 4.78 is 2.32. The zero-order valence-corrected chi connectivity index (χ0v) is 9.92. The van der Waals surface area contributed by atoms with Crippen LogP contribution in [0.25, 0.3) is 0 Å². The molecule has 0 radical (unpaired) electrons. The van der Waals surface area contributed by atoms with E-state index in [4.69, 9.17) is 0 Å². The summed E-state index contributed by atoms with van der Waals surface area (Å²) in [4.78, 5) is 0. The number of aryl methyl sites for hydroxylation is 2. The summed E-state index contributed by atoms with van der Waals surface area (Å²) in [6.45, 7) is 6.67. The summed E-state index contributed by atoms with van der Waals surface area (Å²) >= 11 is 0. The topological polar surface area (TPSA) is 17.0 Å². The summed E-state index contributed by atoms with van der Waals surface area (Å²) in [6.07, 6.45) is 9.80. The van der Waals surface area contributed by atoms with Crippen molar-refractivity contribution in [2.24, 2.45) is 0 Å². The Balaban J connectivity index is 2.14. The lowest BCUT2D eigenvalue weighted by Gasteiger charge is -2.23. The fourth-order valence-corrected chi connectivity index (χ4v) is 2.46. The molecule has 1 N–H and O–H groups in total. The van der Waals surface area contributed by atoms with E-state index in [1.54, 1.807) is 11.1 Å². The van der Waals surface area contributed by atoms with Gasteiger partial charge in [0.1, 0.15) is 0 Å². The molecule has 0 aliphatic heterocycles. The molecule has 15 heavy (non-hydrogen) atoms. The van der Waals surface area contributed by atoms with Crippen molar-refractivity contribution >= 4 is 0 Å². The molecule has 1 aliphatic rings. The molecule has 0 saturated heterocycles. The van der Waals surface area contributed by atoms with Crippen LogP contribution in [0.2, 0.25) is 0 Å². The lowest BCUT2D eigenvalue weighted by molar-refractivity contribution is 0.462. The predicted molar refractivity (Wildman–Crippen MR) is 64.1 cm³/mol. The maximum absolute atomic E-state index is 3.65. The van der Waals surface area contributed by atoms with E-state index in [1.807, 2.05) is 0 Å².